The molecule has 1 aromatic rings. The minimum absolute atomic E-state index is 0.101. The molecule has 2 rings (SSSR count). The number of methoxy groups -OCH3 is 2. The van der Waals surface area contributed by atoms with E-state index in [2.05, 4.69) is 0 Å². The molecular formula is C14H20N2O3. The van der Waals surface area contributed by atoms with Gasteiger partial charge >= 0.3 is 0 Å². The lowest BCUT2D eigenvalue weighted by Gasteiger charge is -2.32. The molecule has 0 spiro atoms. The Hall–Kier alpha value is -1.59. The van der Waals surface area contributed by atoms with Crippen molar-refractivity contribution in [1.82, 2.24) is 0 Å². The summed E-state index contributed by atoms with van der Waals surface area (Å²) >= 11 is 0. The van der Waals surface area contributed by atoms with Crippen LogP contribution in [0, 0.1) is 0 Å². The summed E-state index contributed by atoms with van der Waals surface area (Å²) in [4.78, 5) is 14.2. The molecule has 0 saturated heterocycles. The first kappa shape index (κ1) is 13.8. The van der Waals surface area contributed by atoms with E-state index in [4.69, 9.17) is 15.2 Å². The van der Waals surface area contributed by atoms with Gasteiger partial charge < -0.3 is 20.1 Å². The summed E-state index contributed by atoms with van der Waals surface area (Å²) in [5.74, 6) is 0.618. The van der Waals surface area contributed by atoms with Crippen molar-refractivity contribution in [3.63, 3.8) is 0 Å². The van der Waals surface area contributed by atoms with Crippen LogP contribution in [0.3, 0.4) is 0 Å². The van der Waals surface area contributed by atoms with E-state index in [0.717, 1.165) is 29.8 Å². The maximum absolute atomic E-state index is 12.5. The number of nitrogens with two attached hydrogens (primary N) is 1. The van der Waals surface area contributed by atoms with Crippen LogP contribution in [0.2, 0.25) is 0 Å². The number of ether oxygens (including phenoxy) is 2. The molecule has 0 bridgehead atoms. The van der Waals surface area contributed by atoms with Gasteiger partial charge in [-0.25, -0.2) is 0 Å². The molecule has 5 nitrogen and oxygen atoms in total. The average Bonchev–Trinajstić information content (AvgIpc) is 2.47. The molecule has 1 unspecified atom stereocenters. The molecule has 1 aliphatic rings. The zero-order valence-electron chi connectivity index (χ0n) is 11.4. The Balaban J connectivity index is 2.38. The van der Waals surface area contributed by atoms with Gasteiger partial charge in [-0.2, -0.15) is 0 Å². The van der Waals surface area contributed by atoms with E-state index in [1.165, 1.54) is 7.11 Å². The van der Waals surface area contributed by atoms with Gasteiger partial charge in [0, 0.05) is 20.2 Å². The Morgan fingerprint density at radius 1 is 1.47 bits per heavy atom. The third kappa shape index (κ3) is 2.57. The van der Waals surface area contributed by atoms with E-state index in [1.807, 2.05) is 18.2 Å². The second-order valence-corrected chi connectivity index (χ2v) is 4.52. The van der Waals surface area contributed by atoms with E-state index in [9.17, 15) is 4.79 Å². The second-order valence-electron chi connectivity index (χ2n) is 4.52. The summed E-state index contributed by atoms with van der Waals surface area (Å²) < 4.78 is 10.5. The molecule has 2 N–H and O–H groups in total. The largest absolute Gasteiger partial charge is 0.495 e. The van der Waals surface area contributed by atoms with Crippen molar-refractivity contribution >= 4 is 11.6 Å². The summed E-state index contributed by atoms with van der Waals surface area (Å²) in [5, 5.41) is 0. The van der Waals surface area contributed by atoms with E-state index in [-0.39, 0.29) is 12.5 Å². The average molecular weight is 264 g/mol. The monoisotopic (exact) mass is 264 g/mol. The molecule has 0 fully saturated rings. The number of carbonyl (C=O) groups is 1. The summed E-state index contributed by atoms with van der Waals surface area (Å²) in [6.45, 7) is 0.850. The Labute approximate surface area is 113 Å². The van der Waals surface area contributed by atoms with Crippen molar-refractivity contribution < 1.29 is 14.3 Å². The molecule has 0 aliphatic carbocycles. The van der Waals surface area contributed by atoms with Gasteiger partial charge in [0.1, 0.15) is 11.9 Å². The van der Waals surface area contributed by atoms with Crippen LogP contribution in [0.4, 0.5) is 5.69 Å². The number of rotatable bonds is 4. The van der Waals surface area contributed by atoms with Crippen molar-refractivity contribution in [2.75, 3.05) is 32.2 Å². The van der Waals surface area contributed by atoms with E-state index in [0.29, 0.717) is 6.54 Å². The van der Waals surface area contributed by atoms with Crippen LogP contribution in [-0.2, 0) is 16.0 Å². The molecule has 5 heteroatoms. The van der Waals surface area contributed by atoms with E-state index < -0.39 is 6.10 Å². The van der Waals surface area contributed by atoms with Crippen LogP contribution in [0.15, 0.2) is 18.2 Å². The number of nitrogens with zero attached hydrogens (tertiary/aromatic N) is 1. The molecule has 0 saturated carbocycles. The molecule has 104 valence electrons. The first-order valence-electron chi connectivity index (χ1n) is 6.43. The predicted molar refractivity (Wildman–Crippen MR) is 73.5 cm³/mol. The lowest BCUT2D eigenvalue weighted by molar-refractivity contribution is -0.127. The fourth-order valence-corrected chi connectivity index (χ4v) is 2.47. The summed E-state index contributed by atoms with van der Waals surface area (Å²) in [7, 11) is 3.12. The first-order chi connectivity index (χ1) is 9.22. The summed E-state index contributed by atoms with van der Waals surface area (Å²) in [6, 6.07) is 5.85. The Kier molecular flexibility index (Phi) is 4.39. The van der Waals surface area contributed by atoms with E-state index in [1.54, 1.807) is 12.0 Å². The Bertz CT molecular complexity index is 444. The van der Waals surface area contributed by atoms with Gasteiger partial charge in [-0.15, -0.1) is 0 Å². The zero-order valence-corrected chi connectivity index (χ0v) is 11.4. The van der Waals surface area contributed by atoms with Gasteiger partial charge in [0.15, 0.2) is 0 Å². The maximum Gasteiger partial charge on any atom is 0.257 e. The van der Waals surface area contributed by atoms with Crippen molar-refractivity contribution in [1.29, 1.82) is 0 Å². The van der Waals surface area contributed by atoms with Gasteiger partial charge in [0.05, 0.1) is 12.8 Å². The van der Waals surface area contributed by atoms with Crippen LogP contribution in [0.25, 0.3) is 0 Å². The minimum atomic E-state index is -0.601. The number of anilines is 1. The van der Waals surface area contributed by atoms with Gasteiger partial charge in [-0.3, -0.25) is 4.79 Å². The lowest BCUT2D eigenvalue weighted by atomic mass is 10.0. The van der Waals surface area contributed by atoms with E-state index >= 15 is 0 Å². The van der Waals surface area contributed by atoms with Crippen LogP contribution in [0.5, 0.6) is 5.75 Å². The molecule has 0 radical (unpaired) electrons. The van der Waals surface area contributed by atoms with Gasteiger partial charge in [-0.05, 0) is 24.5 Å². The fraction of sp³-hybridized carbons (Fsp3) is 0.500. The molecular weight excluding hydrogens is 244 g/mol. The van der Waals surface area contributed by atoms with Crippen molar-refractivity contribution in [2.45, 2.75) is 18.9 Å². The standard InChI is InChI=1S/C14H20N2O3/c1-18-11-7-3-5-10-6-4-8-16(13(10)11)14(17)12(9-15)19-2/h3,5,7,12H,4,6,8-9,15H2,1-2H3. The number of para-hydroxylation sites is 1. The first-order valence-corrected chi connectivity index (χ1v) is 6.43. The summed E-state index contributed by atoms with van der Waals surface area (Å²) in [6.07, 6.45) is 1.29. The molecule has 1 aromatic carbocycles. The van der Waals surface area contributed by atoms with Crippen LogP contribution in [-0.4, -0.2) is 39.3 Å². The van der Waals surface area contributed by atoms with Gasteiger partial charge in [0.2, 0.25) is 0 Å². The number of amides is 1. The topological polar surface area (TPSA) is 64.8 Å². The molecule has 0 aromatic heterocycles. The normalized spacial score (nSPS) is 15.8. The molecule has 1 amide bonds. The van der Waals surface area contributed by atoms with Gasteiger partial charge in [-0.1, -0.05) is 12.1 Å². The van der Waals surface area contributed by atoms with Crippen LogP contribution in [0.1, 0.15) is 12.0 Å². The smallest absolute Gasteiger partial charge is 0.257 e. The number of aryl methyl sites for hydroxylation is 1. The predicted octanol–water partition coefficient (Wildman–Crippen LogP) is 0.948. The Morgan fingerprint density at radius 3 is 2.89 bits per heavy atom. The molecule has 19 heavy (non-hydrogen) atoms. The number of benzene rings is 1. The van der Waals surface area contributed by atoms with Crippen LogP contribution < -0.4 is 15.4 Å². The quantitative estimate of drug-likeness (QED) is 0.879. The molecule has 1 aliphatic heterocycles. The van der Waals surface area contributed by atoms with Crippen LogP contribution >= 0.6 is 0 Å². The minimum Gasteiger partial charge on any atom is -0.495 e. The van der Waals surface area contributed by atoms with Crippen molar-refractivity contribution in [3.05, 3.63) is 23.8 Å². The second kappa shape index (κ2) is 6.04. The third-order valence-electron chi connectivity index (χ3n) is 3.44. The number of hydrogen-bond donors (Lipinski definition) is 1. The highest BCUT2D eigenvalue weighted by molar-refractivity contribution is 5.99. The number of hydrogen-bond acceptors (Lipinski definition) is 4. The lowest BCUT2D eigenvalue weighted by Crippen LogP contribution is -2.46. The zero-order chi connectivity index (χ0) is 13.8. The molecule has 1 heterocycles. The SMILES string of the molecule is COc1cccc2c1N(C(=O)C(CN)OC)CCC2. The number of carbonyl (C=O) groups excluding carboxylic acids is 1. The molecule has 1 atom stereocenters. The highest BCUT2D eigenvalue weighted by atomic mass is 16.5. The van der Waals surface area contributed by atoms with Gasteiger partial charge in [0.25, 0.3) is 5.91 Å². The third-order valence-corrected chi connectivity index (χ3v) is 3.44. The fourth-order valence-electron chi connectivity index (χ4n) is 2.47. The highest BCUT2D eigenvalue weighted by Gasteiger charge is 2.30. The number of fused-ring (bicyclic) bond motifs is 1. The summed E-state index contributed by atoms with van der Waals surface area (Å²) in [5.41, 5.74) is 7.57. The van der Waals surface area contributed by atoms with Crippen molar-refractivity contribution in [2.24, 2.45) is 5.73 Å². The van der Waals surface area contributed by atoms with Crippen molar-refractivity contribution in [3.8, 4) is 5.75 Å². The Morgan fingerprint density at radius 2 is 2.26 bits per heavy atom. The highest BCUT2D eigenvalue weighted by Crippen LogP contribution is 2.36. The maximum atomic E-state index is 12.5.